The molecule has 0 aliphatic carbocycles. The van der Waals surface area contributed by atoms with Gasteiger partial charge in [-0.2, -0.15) is 0 Å². The molecule has 0 radical (unpaired) electrons. The summed E-state index contributed by atoms with van der Waals surface area (Å²) in [7, 11) is 2.93. The van der Waals surface area contributed by atoms with Crippen LogP contribution in [0.4, 0.5) is 5.69 Å². The minimum absolute atomic E-state index is 0.124. The van der Waals surface area contributed by atoms with Crippen LogP contribution in [0.5, 0.6) is 23.0 Å². The third-order valence-corrected chi connectivity index (χ3v) is 4.06. The number of benzene rings is 2. The molecule has 2 aromatic carbocycles. The van der Waals surface area contributed by atoms with Gasteiger partial charge in [0.15, 0.2) is 29.6 Å². The number of esters is 1. The van der Waals surface area contributed by atoms with Gasteiger partial charge >= 0.3 is 5.97 Å². The predicted octanol–water partition coefficient (Wildman–Crippen LogP) is 1.34. The van der Waals surface area contributed by atoms with Crippen molar-refractivity contribution in [3.8, 4) is 23.0 Å². The fourth-order valence-electron chi connectivity index (χ4n) is 2.60. The van der Waals surface area contributed by atoms with E-state index in [1.54, 1.807) is 24.3 Å². The molecule has 0 atom stereocenters. The lowest BCUT2D eigenvalue weighted by molar-refractivity contribution is -0.146. The first-order valence-electron chi connectivity index (χ1n) is 8.85. The van der Waals surface area contributed by atoms with E-state index >= 15 is 0 Å². The van der Waals surface area contributed by atoms with Gasteiger partial charge in [0.05, 0.1) is 14.2 Å². The van der Waals surface area contributed by atoms with Gasteiger partial charge in [-0.25, -0.2) is 0 Å². The molecule has 1 aliphatic heterocycles. The van der Waals surface area contributed by atoms with Crippen LogP contribution in [-0.2, 0) is 14.3 Å². The van der Waals surface area contributed by atoms with Gasteiger partial charge < -0.3 is 34.3 Å². The fraction of sp³-hybridized carbons (Fsp3) is 0.250. The Balaban J connectivity index is 1.43. The Morgan fingerprint density at radius 3 is 2.50 bits per heavy atom. The lowest BCUT2D eigenvalue weighted by Gasteiger charge is -2.10. The highest BCUT2D eigenvalue weighted by Gasteiger charge is 2.16. The molecule has 0 bridgehead atoms. The van der Waals surface area contributed by atoms with E-state index in [2.05, 4.69) is 10.6 Å². The van der Waals surface area contributed by atoms with E-state index in [0.717, 1.165) is 0 Å². The molecule has 2 amide bonds. The first-order valence-corrected chi connectivity index (χ1v) is 8.85. The first kappa shape index (κ1) is 20.8. The molecule has 30 heavy (non-hydrogen) atoms. The number of carbonyl (C=O) groups is 3. The topological polar surface area (TPSA) is 121 Å². The zero-order valence-electron chi connectivity index (χ0n) is 16.4. The summed E-state index contributed by atoms with van der Waals surface area (Å²) in [4.78, 5) is 35.9. The molecule has 10 nitrogen and oxygen atoms in total. The summed E-state index contributed by atoms with van der Waals surface area (Å²) in [6.07, 6.45) is 0. The Kier molecular flexibility index (Phi) is 6.58. The fourth-order valence-corrected chi connectivity index (χ4v) is 2.60. The van der Waals surface area contributed by atoms with Gasteiger partial charge in [0.1, 0.15) is 6.54 Å². The number of amides is 2. The third kappa shape index (κ3) is 5.10. The summed E-state index contributed by atoms with van der Waals surface area (Å²) in [6, 6.07) is 9.49. The van der Waals surface area contributed by atoms with E-state index < -0.39 is 30.9 Å². The van der Waals surface area contributed by atoms with Crippen molar-refractivity contribution in [3.63, 3.8) is 0 Å². The molecule has 1 heterocycles. The second-order valence-corrected chi connectivity index (χ2v) is 6.03. The molecule has 2 aromatic rings. The van der Waals surface area contributed by atoms with E-state index in [4.69, 9.17) is 23.7 Å². The van der Waals surface area contributed by atoms with Crippen molar-refractivity contribution in [1.29, 1.82) is 0 Å². The van der Waals surface area contributed by atoms with Crippen molar-refractivity contribution in [3.05, 3.63) is 42.0 Å². The molecule has 0 saturated carbocycles. The lowest BCUT2D eigenvalue weighted by atomic mass is 10.2. The second-order valence-electron chi connectivity index (χ2n) is 6.03. The summed E-state index contributed by atoms with van der Waals surface area (Å²) in [5, 5.41) is 4.99. The number of methoxy groups -OCH3 is 2. The van der Waals surface area contributed by atoms with Crippen LogP contribution in [0.2, 0.25) is 0 Å². The second kappa shape index (κ2) is 9.50. The summed E-state index contributed by atoms with van der Waals surface area (Å²) in [5.74, 6) is 0.165. The van der Waals surface area contributed by atoms with Gasteiger partial charge in [-0.3, -0.25) is 14.4 Å². The summed E-state index contributed by atoms with van der Waals surface area (Å²) >= 11 is 0. The minimum atomic E-state index is -0.760. The normalized spacial score (nSPS) is 11.4. The smallest absolute Gasteiger partial charge is 0.325 e. The number of hydrogen-bond acceptors (Lipinski definition) is 8. The molecule has 0 saturated heterocycles. The molecule has 1 aliphatic rings. The molecule has 0 aromatic heterocycles. The van der Waals surface area contributed by atoms with Gasteiger partial charge in [-0.05, 0) is 30.3 Å². The SMILES string of the molecule is COc1ccc(C(=O)NCC(=O)OCC(=O)Nc2ccc3c(c2)OCO3)cc1OC. The number of anilines is 1. The average molecular weight is 416 g/mol. The standard InChI is InChI=1S/C20H20N2O8/c1-26-14-5-3-12(7-16(14)27-2)20(25)21-9-19(24)28-10-18(23)22-13-4-6-15-17(8-13)30-11-29-15/h3-8H,9-11H2,1-2H3,(H,21,25)(H,22,23). The van der Waals surface area contributed by atoms with Gasteiger partial charge in [0, 0.05) is 17.3 Å². The van der Waals surface area contributed by atoms with Crippen LogP contribution in [0.1, 0.15) is 10.4 Å². The van der Waals surface area contributed by atoms with Crippen LogP contribution >= 0.6 is 0 Å². The number of hydrogen-bond donors (Lipinski definition) is 2. The maximum absolute atomic E-state index is 12.2. The Bertz CT molecular complexity index is 960. The van der Waals surface area contributed by atoms with Crippen LogP contribution in [-0.4, -0.2) is 51.9 Å². The zero-order valence-corrected chi connectivity index (χ0v) is 16.4. The molecular formula is C20H20N2O8. The van der Waals surface area contributed by atoms with Gasteiger partial charge in [0.25, 0.3) is 11.8 Å². The third-order valence-electron chi connectivity index (χ3n) is 4.06. The molecule has 10 heteroatoms. The average Bonchev–Trinajstić information content (AvgIpc) is 3.23. The largest absolute Gasteiger partial charge is 0.493 e. The van der Waals surface area contributed by atoms with Crippen LogP contribution in [0.15, 0.2) is 36.4 Å². The number of nitrogens with one attached hydrogen (secondary N) is 2. The summed E-state index contributed by atoms with van der Waals surface area (Å²) in [5.41, 5.74) is 0.753. The van der Waals surface area contributed by atoms with Gasteiger partial charge in [-0.1, -0.05) is 0 Å². The van der Waals surface area contributed by atoms with Crippen molar-refractivity contribution in [2.45, 2.75) is 0 Å². The highest BCUT2D eigenvalue weighted by molar-refractivity contribution is 5.97. The minimum Gasteiger partial charge on any atom is -0.493 e. The number of ether oxygens (including phenoxy) is 5. The first-order chi connectivity index (χ1) is 14.5. The maximum atomic E-state index is 12.2. The van der Waals surface area contributed by atoms with Gasteiger partial charge in [-0.15, -0.1) is 0 Å². The molecule has 158 valence electrons. The van der Waals surface area contributed by atoms with Crippen LogP contribution in [0, 0.1) is 0 Å². The molecule has 0 fully saturated rings. The molecule has 0 unspecified atom stereocenters. The quantitative estimate of drug-likeness (QED) is 0.619. The summed E-state index contributed by atoms with van der Waals surface area (Å²) < 4.78 is 25.5. The molecule has 2 N–H and O–H groups in total. The zero-order chi connectivity index (χ0) is 21.5. The van der Waals surface area contributed by atoms with Crippen molar-refractivity contribution >= 4 is 23.5 Å². The van der Waals surface area contributed by atoms with E-state index in [1.807, 2.05) is 0 Å². The number of fused-ring (bicyclic) bond motifs is 1. The number of carbonyl (C=O) groups excluding carboxylic acids is 3. The van der Waals surface area contributed by atoms with E-state index in [1.165, 1.54) is 26.4 Å². The molecule has 0 spiro atoms. The van der Waals surface area contributed by atoms with Crippen LogP contribution in [0.3, 0.4) is 0 Å². The van der Waals surface area contributed by atoms with E-state index in [0.29, 0.717) is 28.7 Å². The Hall–Kier alpha value is -3.95. The van der Waals surface area contributed by atoms with Crippen molar-refractivity contribution in [2.24, 2.45) is 0 Å². The van der Waals surface area contributed by atoms with Crippen molar-refractivity contribution in [2.75, 3.05) is 39.5 Å². The molecule has 3 rings (SSSR count). The predicted molar refractivity (Wildman–Crippen MR) is 104 cm³/mol. The monoisotopic (exact) mass is 416 g/mol. The van der Waals surface area contributed by atoms with E-state index in [9.17, 15) is 14.4 Å². The summed E-state index contributed by atoms with van der Waals surface area (Å²) in [6.45, 7) is -0.774. The number of rotatable bonds is 8. The van der Waals surface area contributed by atoms with E-state index in [-0.39, 0.29) is 12.4 Å². The lowest BCUT2D eigenvalue weighted by Crippen LogP contribution is -2.32. The van der Waals surface area contributed by atoms with Crippen molar-refractivity contribution < 1.29 is 38.1 Å². The van der Waals surface area contributed by atoms with Crippen molar-refractivity contribution in [1.82, 2.24) is 5.32 Å². The highest BCUT2D eigenvalue weighted by atomic mass is 16.7. The Morgan fingerprint density at radius 2 is 1.73 bits per heavy atom. The van der Waals surface area contributed by atoms with Crippen LogP contribution in [0.25, 0.3) is 0 Å². The Morgan fingerprint density at radius 1 is 0.967 bits per heavy atom. The van der Waals surface area contributed by atoms with Gasteiger partial charge in [0.2, 0.25) is 6.79 Å². The molecular weight excluding hydrogens is 396 g/mol. The maximum Gasteiger partial charge on any atom is 0.325 e. The highest BCUT2D eigenvalue weighted by Crippen LogP contribution is 2.34. The Labute approximate surface area is 172 Å². The van der Waals surface area contributed by atoms with Crippen LogP contribution < -0.4 is 29.6 Å².